The largest absolute Gasteiger partial charge is 0.358 e. The first kappa shape index (κ1) is 7.98. The molecule has 0 saturated carbocycles. The number of hydrogen-bond donors (Lipinski definition) is 3. The molecule has 0 amide bonds. The molecular weight excluding hydrogens is 194 g/mol. The van der Waals surface area contributed by atoms with Gasteiger partial charge in [0.1, 0.15) is 6.33 Å². The molecule has 0 aliphatic carbocycles. The Balaban J connectivity index is 2.37. The molecule has 0 aliphatic heterocycles. The molecule has 3 aromatic rings. The van der Waals surface area contributed by atoms with Crippen molar-refractivity contribution in [1.82, 2.24) is 25.1 Å². The van der Waals surface area contributed by atoms with Crippen molar-refractivity contribution in [2.45, 2.75) is 0 Å². The van der Waals surface area contributed by atoms with Crippen molar-refractivity contribution in [3.8, 4) is 11.1 Å². The fourth-order valence-corrected chi connectivity index (χ4v) is 1.58. The smallest absolute Gasteiger partial charge is 0.271 e. The highest BCUT2D eigenvalue weighted by atomic mass is 16.1. The van der Waals surface area contributed by atoms with Crippen LogP contribution in [-0.2, 0) is 0 Å². The fraction of sp³-hybridized carbons (Fsp3) is 0. The zero-order chi connectivity index (χ0) is 10.3. The van der Waals surface area contributed by atoms with Gasteiger partial charge in [0, 0.05) is 18.0 Å². The van der Waals surface area contributed by atoms with E-state index in [0.717, 1.165) is 16.6 Å². The number of aromatic nitrogens is 5. The van der Waals surface area contributed by atoms with Gasteiger partial charge in [0.15, 0.2) is 0 Å². The van der Waals surface area contributed by atoms with Gasteiger partial charge in [-0.3, -0.25) is 9.89 Å². The molecule has 3 aromatic heterocycles. The quantitative estimate of drug-likeness (QED) is 0.539. The number of aromatic amines is 3. The second kappa shape index (κ2) is 2.81. The molecule has 0 fully saturated rings. The SMILES string of the molecule is O=c1[nH][nH]cc1-c1c[nH]c2cncnc12. The molecule has 15 heavy (non-hydrogen) atoms. The van der Waals surface area contributed by atoms with E-state index in [9.17, 15) is 4.79 Å². The average Bonchev–Trinajstić information content (AvgIpc) is 2.83. The summed E-state index contributed by atoms with van der Waals surface area (Å²) >= 11 is 0. The highest BCUT2D eigenvalue weighted by Gasteiger charge is 2.10. The molecule has 0 spiro atoms. The van der Waals surface area contributed by atoms with Crippen LogP contribution >= 0.6 is 0 Å². The van der Waals surface area contributed by atoms with Crippen LogP contribution in [0.2, 0.25) is 0 Å². The highest BCUT2D eigenvalue weighted by molar-refractivity contribution is 5.91. The number of nitrogens with one attached hydrogen (secondary N) is 3. The Morgan fingerprint density at radius 3 is 2.93 bits per heavy atom. The van der Waals surface area contributed by atoms with Gasteiger partial charge in [0.25, 0.3) is 5.56 Å². The third kappa shape index (κ3) is 1.08. The molecule has 0 saturated heterocycles. The van der Waals surface area contributed by atoms with Crippen molar-refractivity contribution in [3.63, 3.8) is 0 Å². The first-order valence-electron chi connectivity index (χ1n) is 4.40. The molecule has 3 heterocycles. The van der Waals surface area contributed by atoms with Gasteiger partial charge in [-0.15, -0.1) is 0 Å². The van der Waals surface area contributed by atoms with E-state index >= 15 is 0 Å². The molecule has 0 unspecified atom stereocenters. The molecule has 6 heteroatoms. The van der Waals surface area contributed by atoms with Crippen molar-refractivity contribution in [2.75, 3.05) is 0 Å². The van der Waals surface area contributed by atoms with Crippen molar-refractivity contribution < 1.29 is 0 Å². The maximum absolute atomic E-state index is 11.4. The Hall–Kier alpha value is -2.37. The number of rotatable bonds is 1. The second-order valence-corrected chi connectivity index (χ2v) is 3.14. The molecule has 3 N–H and O–H groups in total. The summed E-state index contributed by atoms with van der Waals surface area (Å²) in [7, 11) is 0. The molecule has 3 rings (SSSR count). The van der Waals surface area contributed by atoms with E-state index < -0.39 is 0 Å². The molecule has 6 nitrogen and oxygen atoms in total. The minimum absolute atomic E-state index is 0.158. The predicted molar refractivity (Wildman–Crippen MR) is 54.3 cm³/mol. The zero-order valence-electron chi connectivity index (χ0n) is 7.61. The van der Waals surface area contributed by atoms with Gasteiger partial charge in [-0.05, 0) is 0 Å². The van der Waals surface area contributed by atoms with Crippen LogP contribution in [0, 0.1) is 0 Å². The van der Waals surface area contributed by atoms with Gasteiger partial charge in [0.05, 0.1) is 22.8 Å². The van der Waals surface area contributed by atoms with Gasteiger partial charge in [-0.2, -0.15) is 0 Å². The summed E-state index contributed by atoms with van der Waals surface area (Å²) in [5, 5.41) is 5.14. The second-order valence-electron chi connectivity index (χ2n) is 3.14. The highest BCUT2D eigenvalue weighted by Crippen LogP contribution is 2.22. The van der Waals surface area contributed by atoms with Crippen molar-refractivity contribution in [1.29, 1.82) is 0 Å². The molecule has 0 aromatic carbocycles. The van der Waals surface area contributed by atoms with Crippen molar-refractivity contribution in [3.05, 3.63) is 35.3 Å². The normalized spacial score (nSPS) is 10.9. The standard InChI is InChI=1S/C9H7N5O/c15-9-6(2-13-14-9)5-1-11-7-3-10-4-12-8(5)7/h1-4,11H,(H2,13,14,15). The lowest BCUT2D eigenvalue weighted by molar-refractivity contribution is 1.06. The molecule has 74 valence electrons. The van der Waals surface area contributed by atoms with E-state index in [0.29, 0.717) is 5.56 Å². The van der Waals surface area contributed by atoms with E-state index in [1.54, 1.807) is 18.6 Å². The summed E-state index contributed by atoms with van der Waals surface area (Å²) in [5.74, 6) is 0. The summed E-state index contributed by atoms with van der Waals surface area (Å²) < 4.78 is 0. The van der Waals surface area contributed by atoms with Gasteiger partial charge in [0.2, 0.25) is 0 Å². The first-order chi connectivity index (χ1) is 7.36. The van der Waals surface area contributed by atoms with E-state index in [-0.39, 0.29) is 5.56 Å². The molecule has 0 atom stereocenters. The number of fused-ring (bicyclic) bond motifs is 1. The predicted octanol–water partition coefficient (Wildman–Crippen LogP) is 0.641. The zero-order valence-corrected chi connectivity index (χ0v) is 7.61. The third-order valence-electron chi connectivity index (χ3n) is 2.28. The Bertz CT molecular complexity index is 662. The maximum Gasteiger partial charge on any atom is 0.271 e. The Morgan fingerprint density at radius 2 is 2.13 bits per heavy atom. The number of hydrogen-bond acceptors (Lipinski definition) is 3. The van der Waals surface area contributed by atoms with Crippen LogP contribution in [0.1, 0.15) is 0 Å². The van der Waals surface area contributed by atoms with Crippen LogP contribution in [0.4, 0.5) is 0 Å². The van der Waals surface area contributed by atoms with Crippen LogP contribution in [0.15, 0.2) is 29.7 Å². The van der Waals surface area contributed by atoms with Crippen molar-refractivity contribution >= 4 is 11.0 Å². The lowest BCUT2D eigenvalue weighted by Gasteiger charge is -1.90. The maximum atomic E-state index is 11.4. The minimum atomic E-state index is -0.158. The van der Waals surface area contributed by atoms with Crippen LogP contribution in [-0.4, -0.2) is 25.1 Å². The van der Waals surface area contributed by atoms with Gasteiger partial charge >= 0.3 is 0 Å². The number of H-pyrrole nitrogens is 3. The Kier molecular flexibility index (Phi) is 1.49. The third-order valence-corrected chi connectivity index (χ3v) is 2.28. The number of nitrogens with zero attached hydrogens (tertiary/aromatic N) is 2. The van der Waals surface area contributed by atoms with Gasteiger partial charge in [-0.25, -0.2) is 9.97 Å². The lowest BCUT2D eigenvalue weighted by Crippen LogP contribution is -2.00. The summed E-state index contributed by atoms with van der Waals surface area (Å²) in [6.07, 6.45) is 6.50. The summed E-state index contributed by atoms with van der Waals surface area (Å²) in [6.45, 7) is 0. The molecular formula is C9H7N5O. The average molecular weight is 201 g/mol. The van der Waals surface area contributed by atoms with Crippen molar-refractivity contribution in [2.24, 2.45) is 0 Å². The molecule has 0 bridgehead atoms. The van der Waals surface area contributed by atoms with Crippen LogP contribution < -0.4 is 5.56 Å². The Morgan fingerprint density at radius 1 is 1.20 bits per heavy atom. The Labute approximate surface area is 83.4 Å². The van der Waals surface area contributed by atoms with E-state index in [4.69, 9.17) is 0 Å². The van der Waals surface area contributed by atoms with Gasteiger partial charge < -0.3 is 10.1 Å². The van der Waals surface area contributed by atoms with E-state index in [1.165, 1.54) is 6.33 Å². The summed E-state index contributed by atoms with van der Waals surface area (Å²) in [4.78, 5) is 22.5. The first-order valence-corrected chi connectivity index (χ1v) is 4.40. The summed E-state index contributed by atoms with van der Waals surface area (Å²) in [6, 6.07) is 0. The molecule has 0 aliphatic rings. The fourth-order valence-electron chi connectivity index (χ4n) is 1.58. The summed E-state index contributed by atoms with van der Waals surface area (Å²) in [5.41, 5.74) is 2.74. The van der Waals surface area contributed by atoms with Crippen LogP contribution in [0.3, 0.4) is 0 Å². The van der Waals surface area contributed by atoms with Crippen LogP contribution in [0.5, 0.6) is 0 Å². The topological polar surface area (TPSA) is 90.2 Å². The minimum Gasteiger partial charge on any atom is -0.358 e. The monoisotopic (exact) mass is 201 g/mol. The van der Waals surface area contributed by atoms with E-state index in [2.05, 4.69) is 25.1 Å². The van der Waals surface area contributed by atoms with Gasteiger partial charge in [-0.1, -0.05) is 0 Å². The lowest BCUT2D eigenvalue weighted by atomic mass is 10.2. The van der Waals surface area contributed by atoms with E-state index in [1.807, 2.05) is 0 Å². The van der Waals surface area contributed by atoms with Crippen LogP contribution in [0.25, 0.3) is 22.2 Å². The molecule has 0 radical (unpaired) electrons.